The molecule has 0 saturated carbocycles. The molecule has 3 rings (SSSR count). The normalized spacial score (nSPS) is 15.6. The highest BCUT2D eigenvalue weighted by Crippen LogP contribution is 2.30. The molecule has 0 unspecified atom stereocenters. The average Bonchev–Trinajstić information content (AvgIpc) is 3.10. The summed E-state index contributed by atoms with van der Waals surface area (Å²) in [6, 6.07) is 4.82. The molecule has 152 valence electrons. The Morgan fingerprint density at radius 1 is 1.07 bits per heavy atom. The first-order valence-electron chi connectivity index (χ1n) is 8.77. The van der Waals surface area contributed by atoms with Crippen LogP contribution in [0.4, 0.5) is 24.0 Å². The van der Waals surface area contributed by atoms with Gasteiger partial charge in [-0.25, -0.2) is 4.79 Å². The Hall–Kier alpha value is -2.78. The van der Waals surface area contributed by atoms with Gasteiger partial charge < -0.3 is 19.1 Å². The summed E-state index contributed by atoms with van der Waals surface area (Å²) in [6.45, 7) is 7.26. The first-order valence-corrected chi connectivity index (χ1v) is 8.77. The van der Waals surface area contributed by atoms with E-state index in [9.17, 15) is 18.0 Å². The molecular formula is C18H21F3N4O3. The second-order valence-corrected chi connectivity index (χ2v) is 7.43. The van der Waals surface area contributed by atoms with Gasteiger partial charge in [-0.3, -0.25) is 0 Å². The maximum absolute atomic E-state index is 12.7. The van der Waals surface area contributed by atoms with Crippen LogP contribution in [0, 0.1) is 0 Å². The zero-order valence-corrected chi connectivity index (χ0v) is 15.8. The molecule has 10 heteroatoms. The standard InChI is InChI=1S/C18H21F3N4O3/c1-17(2,3)27-16(26)25-10-8-24(9-11-25)15-22-14(23-28-15)12-4-6-13(7-5-12)18(19,20)21/h4-7H,8-11H2,1-3H3. The number of amides is 1. The van der Waals surface area contributed by atoms with Crippen LogP contribution < -0.4 is 4.90 Å². The molecule has 0 atom stereocenters. The van der Waals surface area contributed by atoms with Crippen molar-refractivity contribution in [1.29, 1.82) is 0 Å². The van der Waals surface area contributed by atoms with Crippen LogP contribution in [0.1, 0.15) is 26.3 Å². The summed E-state index contributed by atoms with van der Waals surface area (Å²) in [5.41, 5.74) is -0.870. The smallest absolute Gasteiger partial charge is 0.416 e. The average molecular weight is 398 g/mol. The monoisotopic (exact) mass is 398 g/mol. The van der Waals surface area contributed by atoms with Gasteiger partial charge in [0.1, 0.15) is 5.60 Å². The zero-order valence-electron chi connectivity index (χ0n) is 15.8. The lowest BCUT2D eigenvalue weighted by Gasteiger charge is -2.34. The summed E-state index contributed by atoms with van der Waals surface area (Å²) >= 11 is 0. The summed E-state index contributed by atoms with van der Waals surface area (Å²) in [6.07, 6.45) is -4.77. The summed E-state index contributed by atoms with van der Waals surface area (Å²) in [7, 11) is 0. The maximum Gasteiger partial charge on any atom is 0.416 e. The number of anilines is 1. The number of hydrogen-bond donors (Lipinski definition) is 0. The highest BCUT2D eigenvalue weighted by Gasteiger charge is 2.30. The van der Waals surface area contributed by atoms with Crippen molar-refractivity contribution < 1.29 is 27.2 Å². The predicted molar refractivity (Wildman–Crippen MR) is 94.8 cm³/mol. The van der Waals surface area contributed by atoms with Crippen molar-refractivity contribution in [3.05, 3.63) is 29.8 Å². The number of rotatable bonds is 2. The molecule has 1 fully saturated rings. The predicted octanol–water partition coefficient (Wildman–Crippen LogP) is 3.81. The van der Waals surface area contributed by atoms with Gasteiger partial charge in [-0.05, 0) is 32.9 Å². The van der Waals surface area contributed by atoms with Crippen LogP contribution in [0.2, 0.25) is 0 Å². The van der Waals surface area contributed by atoms with E-state index in [1.807, 2.05) is 25.7 Å². The molecule has 1 saturated heterocycles. The molecule has 7 nitrogen and oxygen atoms in total. The van der Waals surface area contributed by atoms with Crippen molar-refractivity contribution in [2.45, 2.75) is 32.5 Å². The molecule has 0 aliphatic carbocycles. The van der Waals surface area contributed by atoms with E-state index in [0.717, 1.165) is 12.1 Å². The van der Waals surface area contributed by atoms with Crippen molar-refractivity contribution >= 4 is 12.1 Å². The molecule has 0 spiro atoms. The summed E-state index contributed by atoms with van der Waals surface area (Å²) in [5, 5.41) is 3.84. The molecule has 0 N–H and O–H groups in total. The van der Waals surface area contributed by atoms with E-state index < -0.39 is 17.3 Å². The lowest BCUT2D eigenvalue weighted by Crippen LogP contribution is -2.50. The van der Waals surface area contributed by atoms with Gasteiger partial charge >= 0.3 is 18.3 Å². The van der Waals surface area contributed by atoms with Gasteiger partial charge in [-0.15, -0.1) is 0 Å². The second kappa shape index (κ2) is 7.33. The van der Waals surface area contributed by atoms with Crippen LogP contribution >= 0.6 is 0 Å². The Morgan fingerprint density at radius 2 is 1.68 bits per heavy atom. The largest absolute Gasteiger partial charge is 0.444 e. The number of halogens is 3. The van der Waals surface area contributed by atoms with Crippen LogP contribution in [0.25, 0.3) is 11.4 Å². The van der Waals surface area contributed by atoms with E-state index in [4.69, 9.17) is 9.26 Å². The molecule has 1 aliphatic rings. The molecule has 1 aromatic carbocycles. The van der Waals surface area contributed by atoms with Gasteiger partial charge in [0, 0.05) is 31.7 Å². The second-order valence-electron chi connectivity index (χ2n) is 7.43. The van der Waals surface area contributed by atoms with E-state index in [1.54, 1.807) is 4.90 Å². The van der Waals surface area contributed by atoms with Gasteiger partial charge in [-0.1, -0.05) is 17.3 Å². The third-order valence-corrected chi connectivity index (χ3v) is 4.09. The van der Waals surface area contributed by atoms with E-state index in [0.29, 0.717) is 31.7 Å². The van der Waals surface area contributed by atoms with Crippen LogP contribution in [0.5, 0.6) is 0 Å². The van der Waals surface area contributed by atoms with Gasteiger partial charge in [0.2, 0.25) is 5.82 Å². The molecular weight excluding hydrogens is 377 g/mol. The molecule has 1 aliphatic heterocycles. The Kier molecular flexibility index (Phi) is 5.22. The Morgan fingerprint density at radius 3 is 2.21 bits per heavy atom. The van der Waals surface area contributed by atoms with Gasteiger partial charge in [-0.2, -0.15) is 18.2 Å². The number of carbonyl (C=O) groups is 1. The first-order chi connectivity index (χ1) is 13.0. The molecule has 0 radical (unpaired) electrons. The molecule has 1 amide bonds. The number of carbonyl (C=O) groups excluding carboxylic acids is 1. The van der Waals surface area contributed by atoms with Crippen molar-refractivity contribution in [3.8, 4) is 11.4 Å². The number of benzene rings is 1. The molecule has 28 heavy (non-hydrogen) atoms. The minimum atomic E-state index is -4.39. The summed E-state index contributed by atoms with van der Waals surface area (Å²) < 4.78 is 48.6. The number of alkyl halides is 3. The fourth-order valence-electron chi connectivity index (χ4n) is 2.68. The molecule has 1 aromatic heterocycles. The molecule has 2 aromatic rings. The lowest BCUT2D eigenvalue weighted by molar-refractivity contribution is -0.137. The van der Waals surface area contributed by atoms with Crippen molar-refractivity contribution in [2.24, 2.45) is 0 Å². The van der Waals surface area contributed by atoms with E-state index in [1.165, 1.54) is 12.1 Å². The number of ether oxygens (including phenoxy) is 1. The Balaban J connectivity index is 1.62. The van der Waals surface area contributed by atoms with Gasteiger partial charge in [0.15, 0.2) is 0 Å². The zero-order chi connectivity index (χ0) is 20.5. The third-order valence-electron chi connectivity index (χ3n) is 4.09. The SMILES string of the molecule is CC(C)(C)OC(=O)N1CCN(c2nc(-c3ccc(C(F)(F)F)cc3)no2)CC1. The van der Waals surface area contributed by atoms with E-state index in [-0.39, 0.29) is 17.9 Å². The van der Waals surface area contributed by atoms with Gasteiger partial charge in [0.25, 0.3) is 0 Å². The Labute approximate surface area is 160 Å². The van der Waals surface area contributed by atoms with Crippen molar-refractivity contribution in [2.75, 3.05) is 31.1 Å². The first kappa shape index (κ1) is 20.0. The van der Waals surface area contributed by atoms with Crippen LogP contribution in [-0.4, -0.2) is 52.9 Å². The molecule has 0 bridgehead atoms. The van der Waals surface area contributed by atoms with Crippen LogP contribution in [0.3, 0.4) is 0 Å². The topological polar surface area (TPSA) is 71.7 Å². The lowest BCUT2D eigenvalue weighted by atomic mass is 10.1. The highest BCUT2D eigenvalue weighted by molar-refractivity contribution is 5.68. The summed E-state index contributed by atoms with van der Waals surface area (Å²) in [4.78, 5) is 19.8. The number of aromatic nitrogens is 2. The fraction of sp³-hybridized carbons (Fsp3) is 0.500. The highest BCUT2D eigenvalue weighted by atomic mass is 19.4. The van der Waals surface area contributed by atoms with Crippen LogP contribution in [-0.2, 0) is 10.9 Å². The molecule has 2 heterocycles. The van der Waals surface area contributed by atoms with Gasteiger partial charge in [0.05, 0.1) is 5.56 Å². The van der Waals surface area contributed by atoms with E-state index >= 15 is 0 Å². The number of hydrogen-bond acceptors (Lipinski definition) is 6. The fourth-order valence-corrected chi connectivity index (χ4v) is 2.68. The minimum absolute atomic E-state index is 0.207. The Bertz CT molecular complexity index is 820. The van der Waals surface area contributed by atoms with Crippen LogP contribution in [0.15, 0.2) is 28.8 Å². The third kappa shape index (κ3) is 4.73. The van der Waals surface area contributed by atoms with Crippen molar-refractivity contribution in [3.63, 3.8) is 0 Å². The number of piperazine rings is 1. The summed E-state index contributed by atoms with van der Waals surface area (Å²) in [5.74, 6) is 0.207. The minimum Gasteiger partial charge on any atom is -0.444 e. The maximum atomic E-state index is 12.7. The number of nitrogens with zero attached hydrogens (tertiary/aromatic N) is 4. The quantitative estimate of drug-likeness (QED) is 0.766. The van der Waals surface area contributed by atoms with Crippen molar-refractivity contribution in [1.82, 2.24) is 15.0 Å². The van der Waals surface area contributed by atoms with E-state index in [2.05, 4.69) is 10.1 Å².